The molecular formula is C19H16ClN3O2S2. The average molecular weight is 418 g/mol. The molecule has 8 heteroatoms. The quantitative estimate of drug-likeness (QED) is 0.494. The average Bonchev–Trinajstić information content (AvgIpc) is 2.92. The maximum Gasteiger partial charge on any atom is 0.326 e. The Bertz CT molecular complexity index is 1180. The number of hydrogen-bond acceptors (Lipinski definition) is 5. The number of hydrogen-bond donors (Lipinski definition) is 2. The Hall–Kier alpha value is -2.06. The lowest BCUT2D eigenvalue weighted by Gasteiger charge is -2.19. The normalized spacial score (nSPS) is 15.3. The fourth-order valence-corrected chi connectivity index (χ4v) is 4.68. The Labute approximate surface area is 169 Å². The van der Waals surface area contributed by atoms with Gasteiger partial charge in [0.05, 0.1) is 34.6 Å². The van der Waals surface area contributed by atoms with E-state index < -0.39 is 0 Å². The first-order valence-corrected chi connectivity index (χ1v) is 9.97. The lowest BCUT2D eigenvalue weighted by molar-refractivity contribution is 0.273. The molecule has 0 fully saturated rings. The number of H-pyrrole nitrogens is 1. The van der Waals surface area contributed by atoms with E-state index in [0.717, 1.165) is 32.3 Å². The topological polar surface area (TPSA) is 70.9 Å². The molecular weight excluding hydrogens is 402 g/mol. The van der Waals surface area contributed by atoms with Gasteiger partial charge in [0.2, 0.25) is 0 Å². The number of aliphatic hydroxyl groups is 1. The second-order valence-corrected chi connectivity index (χ2v) is 8.36. The van der Waals surface area contributed by atoms with Crippen molar-refractivity contribution in [2.45, 2.75) is 19.4 Å². The van der Waals surface area contributed by atoms with Gasteiger partial charge in [-0.3, -0.25) is 9.55 Å². The number of aromatic nitrogens is 3. The van der Waals surface area contributed by atoms with E-state index in [2.05, 4.69) is 4.98 Å². The summed E-state index contributed by atoms with van der Waals surface area (Å²) in [6, 6.07) is 5.75. The minimum absolute atomic E-state index is 0.135. The van der Waals surface area contributed by atoms with Gasteiger partial charge in [-0.05, 0) is 36.3 Å². The fraction of sp³-hybridized carbons (Fsp3) is 0.211. The molecule has 0 radical (unpaired) electrons. The zero-order chi connectivity index (χ0) is 19.1. The van der Waals surface area contributed by atoms with Crippen molar-refractivity contribution >= 4 is 47.3 Å². The van der Waals surface area contributed by atoms with Crippen LogP contribution in [0.3, 0.4) is 0 Å². The van der Waals surface area contributed by atoms with E-state index in [1.54, 1.807) is 17.5 Å². The van der Waals surface area contributed by atoms with Crippen molar-refractivity contribution < 1.29 is 5.11 Å². The number of halogens is 1. The van der Waals surface area contributed by atoms with Crippen LogP contribution in [-0.4, -0.2) is 26.2 Å². The maximum atomic E-state index is 12.2. The van der Waals surface area contributed by atoms with E-state index in [1.807, 2.05) is 37.3 Å². The van der Waals surface area contributed by atoms with E-state index in [9.17, 15) is 9.90 Å². The predicted octanol–water partition coefficient (Wildman–Crippen LogP) is 3.98. The van der Waals surface area contributed by atoms with Crippen LogP contribution in [0.5, 0.6) is 0 Å². The van der Waals surface area contributed by atoms with Crippen LogP contribution < -0.4 is 5.69 Å². The molecule has 2 aromatic heterocycles. The van der Waals surface area contributed by atoms with Crippen LogP contribution in [0.4, 0.5) is 0 Å². The second-order valence-electron chi connectivity index (χ2n) is 6.28. The Morgan fingerprint density at radius 3 is 2.96 bits per heavy atom. The molecule has 2 N–H and O–H groups in total. The Morgan fingerprint density at radius 1 is 1.37 bits per heavy atom. The summed E-state index contributed by atoms with van der Waals surface area (Å²) in [5.41, 5.74) is 3.36. The summed E-state index contributed by atoms with van der Waals surface area (Å²) in [5.74, 6) is -0.235. The van der Waals surface area contributed by atoms with Crippen LogP contribution in [0.15, 0.2) is 29.2 Å². The first-order chi connectivity index (χ1) is 13.0. The number of fused-ring (bicyclic) bond motifs is 2. The molecule has 27 heavy (non-hydrogen) atoms. The molecule has 0 aliphatic heterocycles. The van der Waals surface area contributed by atoms with Gasteiger partial charge in [-0.2, -0.15) is 0 Å². The molecule has 138 valence electrons. The van der Waals surface area contributed by atoms with Crippen molar-refractivity contribution in [2.24, 2.45) is 0 Å². The largest absolute Gasteiger partial charge is 0.395 e. The highest BCUT2D eigenvalue weighted by Crippen LogP contribution is 2.41. The Balaban J connectivity index is 2.02. The highest BCUT2D eigenvalue weighted by atomic mass is 35.5. The first kappa shape index (κ1) is 18.3. The Kier molecular flexibility index (Phi) is 4.86. The lowest BCUT2D eigenvalue weighted by Crippen LogP contribution is -2.26. The van der Waals surface area contributed by atoms with Gasteiger partial charge in [0.15, 0.2) is 0 Å². The zero-order valence-electron chi connectivity index (χ0n) is 14.4. The van der Waals surface area contributed by atoms with Gasteiger partial charge in [-0.15, -0.1) is 11.3 Å². The van der Waals surface area contributed by atoms with Crippen molar-refractivity contribution in [2.75, 3.05) is 6.61 Å². The van der Waals surface area contributed by atoms with E-state index in [-0.39, 0.29) is 24.8 Å². The van der Waals surface area contributed by atoms with Gasteiger partial charge in [0.25, 0.3) is 0 Å². The summed E-state index contributed by atoms with van der Waals surface area (Å²) in [7, 11) is 0. The molecule has 3 aromatic rings. The molecule has 5 nitrogen and oxygen atoms in total. The third kappa shape index (κ3) is 3.32. The van der Waals surface area contributed by atoms with Crippen LogP contribution in [-0.2, 0) is 6.54 Å². The number of aryl methyl sites for hydroxylation is 1. The fourth-order valence-electron chi connectivity index (χ4n) is 3.37. The van der Waals surface area contributed by atoms with Crippen molar-refractivity contribution in [3.05, 3.63) is 76.8 Å². The highest BCUT2D eigenvalue weighted by molar-refractivity contribution is 7.71. The highest BCUT2D eigenvalue weighted by Gasteiger charge is 2.28. The minimum atomic E-state index is -0.337. The first-order valence-electron chi connectivity index (χ1n) is 8.37. The SMILES string of the molecule is Cc1nc2c(s1)C=Cc1cc(Cl)ccc1[C@H]2c1cn(CCO)c(=O)[nH]c1=S. The maximum absolute atomic E-state index is 12.2. The molecule has 1 atom stereocenters. The smallest absolute Gasteiger partial charge is 0.326 e. The Morgan fingerprint density at radius 2 is 2.19 bits per heavy atom. The predicted molar refractivity (Wildman–Crippen MR) is 111 cm³/mol. The third-order valence-electron chi connectivity index (χ3n) is 4.53. The molecule has 1 aromatic carbocycles. The molecule has 1 aliphatic carbocycles. The molecule has 4 rings (SSSR count). The molecule has 0 saturated heterocycles. The minimum Gasteiger partial charge on any atom is -0.395 e. The van der Waals surface area contributed by atoms with E-state index in [4.69, 9.17) is 28.8 Å². The van der Waals surface area contributed by atoms with E-state index in [0.29, 0.717) is 9.66 Å². The molecule has 0 bridgehead atoms. The van der Waals surface area contributed by atoms with Crippen molar-refractivity contribution in [3.8, 4) is 0 Å². The van der Waals surface area contributed by atoms with Crippen LogP contribution in [0, 0.1) is 11.6 Å². The molecule has 0 spiro atoms. The number of nitrogens with zero attached hydrogens (tertiary/aromatic N) is 2. The van der Waals surface area contributed by atoms with Crippen LogP contribution in [0.2, 0.25) is 5.02 Å². The summed E-state index contributed by atoms with van der Waals surface area (Å²) < 4.78 is 1.82. The summed E-state index contributed by atoms with van der Waals surface area (Å²) in [6.45, 7) is 2.03. The van der Waals surface area contributed by atoms with Gasteiger partial charge < -0.3 is 5.11 Å². The molecule has 2 heterocycles. The third-order valence-corrected chi connectivity index (χ3v) is 6.05. The van der Waals surface area contributed by atoms with Crippen LogP contribution in [0.1, 0.15) is 38.2 Å². The molecule has 0 amide bonds. The van der Waals surface area contributed by atoms with E-state index >= 15 is 0 Å². The number of benzene rings is 1. The number of nitrogens with one attached hydrogen (secondary N) is 1. The van der Waals surface area contributed by atoms with Crippen molar-refractivity contribution in [3.63, 3.8) is 0 Å². The van der Waals surface area contributed by atoms with Gasteiger partial charge >= 0.3 is 5.69 Å². The van der Waals surface area contributed by atoms with Gasteiger partial charge in [-0.25, -0.2) is 9.78 Å². The standard InChI is InChI=1S/C19H16ClN3O2S2/c1-10-21-17-15(27-10)5-2-11-8-12(20)3-4-13(11)16(17)14-9-23(6-7-24)19(25)22-18(14)26/h2-5,8-9,16,24H,6-7H2,1H3,(H,22,25,26)/t16-/m0/s1. The van der Waals surface area contributed by atoms with E-state index in [1.165, 1.54) is 4.57 Å². The molecule has 0 unspecified atom stereocenters. The number of aliphatic hydroxyl groups excluding tert-OH is 1. The van der Waals surface area contributed by atoms with Crippen LogP contribution in [0.25, 0.3) is 12.2 Å². The summed E-state index contributed by atoms with van der Waals surface area (Å²) in [4.78, 5) is 20.7. The number of rotatable bonds is 3. The van der Waals surface area contributed by atoms with Gasteiger partial charge in [0, 0.05) is 16.8 Å². The number of aromatic amines is 1. The number of thiazole rings is 1. The van der Waals surface area contributed by atoms with Crippen molar-refractivity contribution in [1.82, 2.24) is 14.5 Å². The van der Waals surface area contributed by atoms with Crippen LogP contribution >= 0.6 is 35.2 Å². The summed E-state index contributed by atoms with van der Waals surface area (Å²) in [5, 5.41) is 10.9. The monoisotopic (exact) mass is 417 g/mol. The van der Waals surface area contributed by atoms with Gasteiger partial charge in [-0.1, -0.05) is 36.0 Å². The molecule has 1 aliphatic rings. The molecule has 0 saturated carbocycles. The van der Waals surface area contributed by atoms with Gasteiger partial charge in [0.1, 0.15) is 4.64 Å². The summed E-state index contributed by atoms with van der Waals surface area (Å²) >= 11 is 13.3. The van der Waals surface area contributed by atoms with Crippen molar-refractivity contribution in [1.29, 1.82) is 0 Å². The summed E-state index contributed by atoms with van der Waals surface area (Å²) in [6.07, 6.45) is 5.81. The zero-order valence-corrected chi connectivity index (χ0v) is 16.8. The second kappa shape index (κ2) is 7.16. The lowest BCUT2D eigenvalue weighted by atomic mass is 9.88.